The van der Waals surface area contributed by atoms with Gasteiger partial charge in [0.25, 0.3) is 17.7 Å². The predicted octanol–water partition coefficient (Wildman–Crippen LogP) is 1.30. The number of carbonyl (C=O) groups is 5. The Bertz CT molecular complexity index is 1740. The molecule has 2 unspecified atom stereocenters. The molecule has 7 rings (SSSR count). The lowest BCUT2D eigenvalue weighted by Gasteiger charge is -2.41. The summed E-state index contributed by atoms with van der Waals surface area (Å²) in [4.78, 5) is 70.9. The standard InChI is InChI=1S/C32H31FN7O6/c1-46-27(19-5-3-2-4-6-19)32(45)39-17-23-21(15-34-36-23)29(39)38-11-9-37(10-12-38)16-18-13-20-26(22(33)14-18)31(44)40(30(20)43)24-7-8-25(41)35-28(24)42/h2-6,13-14,24,27,29H,7-12,16-17H2,1H3,(H,34,36)(H,35,41,42)/t24?,27-,29?/m1/s1. The van der Waals surface area contributed by atoms with Crippen LogP contribution in [0.3, 0.4) is 0 Å². The molecular formula is C32H31FN7O6. The Hall–Kier alpha value is -4.79. The molecule has 2 saturated heterocycles. The van der Waals surface area contributed by atoms with Gasteiger partial charge in [0.1, 0.15) is 24.2 Å². The van der Waals surface area contributed by atoms with E-state index >= 15 is 4.39 Å². The Morgan fingerprint density at radius 2 is 1.85 bits per heavy atom. The van der Waals surface area contributed by atoms with Crippen LogP contribution in [0.4, 0.5) is 4.39 Å². The van der Waals surface area contributed by atoms with Gasteiger partial charge in [-0.05, 0) is 29.7 Å². The maximum Gasteiger partial charge on any atom is 0.265 e. The third-order valence-corrected chi connectivity index (χ3v) is 9.13. The molecule has 3 atom stereocenters. The van der Waals surface area contributed by atoms with Crippen LogP contribution in [-0.4, -0.2) is 98.7 Å². The van der Waals surface area contributed by atoms with E-state index in [-0.39, 0.29) is 36.0 Å². The predicted molar refractivity (Wildman–Crippen MR) is 157 cm³/mol. The van der Waals surface area contributed by atoms with Gasteiger partial charge < -0.3 is 9.64 Å². The van der Waals surface area contributed by atoms with E-state index in [1.807, 2.05) is 30.3 Å². The summed E-state index contributed by atoms with van der Waals surface area (Å²) in [7, 11) is 1.52. The van der Waals surface area contributed by atoms with Crippen LogP contribution in [0.25, 0.3) is 0 Å². The SMILES string of the molecule is CO[C@@H](C(=O)N1Cc2[nH]n[c]c2C1N1CCN(Cc2cc(F)c3c(c2)C(=O)N(C2CCC(=O)NC2=O)C3=O)CC1)c1ccccc1. The van der Waals surface area contributed by atoms with Crippen LogP contribution in [-0.2, 0) is 32.2 Å². The summed E-state index contributed by atoms with van der Waals surface area (Å²) in [6.45, 7) is 3.03. The van der Waals surface area contributed by atoms with Crippen LogP contribution >= 0.6 is 0 Å². The van der Waals surface area contributed by atoms with Crippen molar-refractivity contribution in [1.29, 1.82) is 0 Å². The van der Waals surface area contributed by atoms with Gasteiger partial charge in [-0.3, -0.25) is 49.1 Å². The number of fused-ring (bicyclic) bond motifs is 2. The zero-order chi connectivity index (χ0) is 32.1. The van der Waals surface area contributed by atoms with E-state index in [1.54, 1.807) is 4.90 Å². The number of benzene rings is 2. The number of aromatic nitrogens is 2. The number of hydrogen-bond acceptors (Lipinski definition) is 9. The van der Waals surface area contributed by atoms with Gasteiger partial charge in [-0.25, -0.2) is 4.39 Å². The van der Waals surface area contributed by atoms with Crippen LogP contribution in [0.5, 0.6) is 0 Å². The van der Waals surface area contributed by atoms with Gasteiger partial charge in [0.05, 0.1) is 23.4 Å². The van der Waals surface area contributed by atoms with Crippen LogP contribution in [0, 0.1) is 12.0 Å². The van der Waals surface area contributed by atoms with Crippen molar-refractivity contribution in [3.05, 3.63) is 88.0 Å². The van der Waals surface area contributed by atoms with Crippen molar-refractivity contribution in [3.8, 4) is 0 Å². The van der Waals surface area contributed by atoms with Gasteiger partial charge >= 0.3 is 0 Å². The maximum absolute atomic E-state index is 15.3. The first-order chi connectivity index (χ1) is 22.2. The second kappa shape index (κ2) is 11.9. The second-order valence-electron chi connectivity index (χ2n) is 11.9. The molecule has 1 aromatic heterocycles. The molecule has 2 aromatic carbocycles. The van der Waals surface area contributed by atoms with Crippen molar-refractivity contribution in [2.75, 3.05) is 33.3 Å². The number of ether oxygens (including phenoxy) is 1. The van der Waals surface area contributed by atoms with Gasteiger partial charge in [0.15, 0.2) is 6.10 Å². The van der Waals surface area contributed by atoms with Gasteiger partial charge in [0, 0.05) is 51.8 Å². The van der Waals surface area contributed by atoms with E-state index in [9.17, 15) is 24.0 Å². The first kappa shape index (κ1) is 29.9. The van der Waals surface area contributed by atoms with Crippen LogP contribution in [0.1, 0.15) is 68.2 Å². The number of piperidine rings is 1. The monoisotopic (exact) mass is 628 g/mol. The highest BCUT2D eigenvalue weighted by molar-refractivity contribution is 6.23. The molecular weight excluding hydrogens is 597 g/mol. The van der Waals surface area contributed by atoms with Crippen molar-refractivity contribution in [1.82, 2.24) is 35.1 Å². The number of aromatic amines is 1. The molecule has 0 bridgehead atoms. The molecule has 46 heavy (non-hydrogen) atoms. The number of H-pyrrole nitrogens is 1. The summed E-state index contributed by atoms with van der Waals surface area (Å²) in [6, 6.07) is 10.9. The quantitative estimate of drug-likeness (QED) is 0.370. The number of nitrogens with zero attached hydrogens (tertiary/aromatic N) is 5. The minimum absolute atomic E-state index is 0.00460. The first-order valence-electron chi connectivity index (χ1n) is 15.1. The largest absolute Gasteiger partial charge is 0.367 e. The van der Waals surface area contributed by atoms with Crippen molar-refractivity contribution in [2.45, 2.75) is 44.2 Å². The first-order valence-corrected chi connectivity index (χ1v) is 15.1. The summed E-state index contributed by atoms with van der Waals surface area (Å²) < 4.78 is 20.9. The number of carbonyl (C=O) groups excluding carboxylic acids is 5. The van der Waals surface area contributed by atoms with E-state index in [2.05, 4.69) is 31.5 Å². The number of piperazine rings is 1. The molecule has 5 amide bonds. The molecule has 4 aliphatic heterocycles. The molecule has 237 valence electrons. The molecule has 4 aliphatic rings. The minimum Gasteiger partial charge on any atom is -0.367 e. The summed E-state index contributed by atoms with van der Waals surface area (Å²) in [5.74, 6) is -3.84. The fourth-order valence-corrected chi connectivity index (χ4v) is 6.88. The Balaban J connectivity index is 1.04. The summed E-state index contributed by atoms with van der Waals surface area (Å²) in [5, 5.41) is 9.19. The molecule has 0 saturated carbocycles. The lowest BCUT2D eigenvalue weighted by molar-refractivity contribution is -0.150. The maximum atomic E-state index is 15.3. The third kappa shape index (κ3) is 5.07. The third-order valence-electron chi connectivity index (χ3n) is 9.13. The van der Waals surface area contributed by atoms with Crippen LogP contribution < -0.4 is 5.32 Å². The Labute approximate surface area is 263 Å². The molecule has 0 aliphatic carbocycles. The minimum atomic E-state index is -1.16. The average molecular weight is 629 g/mol. The van der Waals surface area contributed by atoms with Crippen molar-refractivity contribution >= 4 is 29.5 Å². The number of rotatable bonds is 7. The van der Waals surface area contributed by atoms with Crippen LogP contribution in [0.15, 0.2) is 42.5 Å². The van der Waals surface area contributed by atoms with Crippen molar-refractivity contribution in [3.63, 3.8) is 0 Å². The second-order valence-corrected chi connectivity index (χ2v) is 11.9. The lowest BCUT2D eigenvalue weighted by atomic mass is 10.0. The molecule has 2 fully saturated rings. The van der Waals surface area contributed by atoms with Crippen molar-refractivity contribution in [2.24, 2.45) is 0 Å². The highest BCUT2D eigenvalue weighted by Gasteiger charge is 2.46. The zero-order valence-corrected chi connectivity index (χ0v) is 25.0. The van der Waals surface area contributed by atoms with E-state index in [1.165, 1.54) is 19.2 Å². The molecule has 13 nitrogen and oxygen atoms in total. The Morgan fingerprint density at radius 1 is 1.09 bits per heavy atom. The summed E-state index contributed by atoms with van der Waals surface area (Å²) in [6.07, 6.45) is 1.85. The highest BCUT2D eigenvalue weighted by Crippen LogP contribution is 2.38. The van der Waals surface area contributed by atoms with Gasteiger partial charge in [0.2, 0.25) is 11.8 Å². The van der Waals surface area contributed by atoms with Crippen molar-refractivity contribution < 1.29 is 33.1 Å². The smallest absolute Gasteiger partial charge is 0.265 e. The number of hydrogen-bond donors (Lipinski definition) is 2. The number of imide groups is 2. The van der Waals surface area contributed by atoms with Gasteiger partial charge in [-0.1, -0.05) is 30.3 Å². The summed E-state index contributed by atoms with van der Waals surface area (Å²) >= 11 is 0. The molecule has 3 aromatic rings. The zero-order valence-electron chi connectivity index (χ0n) is 25.0. The number of amides is 5. The number of nitrogens with one attached hydrogen (secondary N) is 2. The van der Waals surface area contributed by atoms with E-state index in [0.717, 1.165) is 21.7 Å². The van der Waals surface area contributed by atoms with Crippen LogP contribution in [0.2, 0.25) is 0 Å². The fourth-order valence-electron chi connectivity index (χ4n) is 6.88. The van der Waals surface area contributed by atoms with Gasteiger partial charge in [-0.2, -0.15) is 5.10 Å². The van der Waals surface area contributed by atoms with E-state index in [0.29, 0.717) is 44.8 Å². The number of halogens is 1. The van der Waals surface area contributed by atoms with E-state index < -0.39 is 41.6 Å². The van der Waals surface area contributed by atoms with Gasteiger partial charge in [-0.15, -0.1) is 0 Å². The lowest BCUT2D eigenvalue weighted by Crippen LogP contribution is -2.54. The Kier molecular flexibility index (Phi) is 7.71. The van der Waals surface area contributed by atoms with E-state index in [4.69, 9.17) is 4.74 Å². The molecule has 5 heterocycles. The average Bonchev–Trinajstić information content (AvgIpc) is 3.71. The molecule has 14 heteroatoms. The Morgan fingerprint density at radius 3 is 2.57 bits per heavy atom. The highest BCUT2D eigenvalue weighted by atomic mass is 19.1. The fraction of sp³-hybridized carbons (Fsp3) is 0.375. The molecule has 1 radical (unpaired) electrons. The molecule has 0 spiro atoms. The topological polar surface area (TPSA) is 148 Å². The normalized spacial score (nSPS) is 22.7. The molecule has 2 N–H and O–H groups in total. The summed E-state index contributed by atoms with van der Waals surface area (Å²) in [5.41, 5.74) is 2.48. The number of methoxy groups -OCH3 is 1.